The van der Waals surface area contributed by atoms with Gasteiger partial charge in [-0.05, 0) is 43.0 Å². The number of benzene rings is 2. The second-order valence-corrected chi connectivity index (χ2v) is 11.3. The summed E-state index contributed by atoms with van der Waals surface area (Å²) in [5, 5.41) is 12.1. The lowest BCUT2D eigenvalue weighted by atomic mass is 9.90. The third-order valence-electron chi connectivity index (χ3n) is 8.42. The molecule has 0 radical (unpaired) electrons. The minimum absolute atomic E-state index is 0.108. The van der Waals surface area contributed by atoms with Crippen LogP contribution in [0.3, 0.4) is 0 Å². The number of alkyl halides is 3. The summed E-state index contributed by atoms with van der Waals surface area (Å²) in [4.78, 5) is 39.3. The van der Waals surface area contributed by atoms with Crippen LogP contribution in [-0.2, 0) is 29.4 Å². The highest BCUT2D eigenvalue weighted by molar-refractivity contribution is 5.97. The lowest BCUT2D eigenvalue weighted by Gasteiger charge is -2.38. The van der Waals surface area contributed by atoms with Crippen LogP contribution >= 0.6 is 0 Å². The number of methoxy groups -OCH3 is 1. The van der Waals surface area contributed by atoms with Crippen molar-refractivity contribution in [2.45, 2.75) is 44.4 Å². The lowest BCUT2D eigenvalue weighted by molar-refractivity contribution is -0.167. The average Bonchev–Trinajstić information content (AvgIpc) is 3.02. The van der Waals surface area contributed by atoms with Gasteiger partial charge in [0, 0.05) is 43.0 Å². The van der Waals surface area contributed by atoms with E-state index in [-0.39, 0.29) is 30.7 Å². The van der Waals surface area contributed by atoms with E-state index >= 15 is 8.78 Å². The first kappa shape index (κ1) is 33.7. The van der Waals surface area contributed by atoms with Gasteiger partial charge >= 0.3 is 12.1 Å². The molecule has 0 spiro atoms. The smallest absolute Gasteiger partial charge is 0.411 e. The van der Waals surface area contributed by atoms with Gasteiger partial charge in [-0.3, -0.25) is 9.59 Å². The zero-order valence-electron chi connectivity index (χ0n) is 25.7. The van der Waals surface area contributed by atoms with Crippen LogP contribution in [-0.4, -0.2) is 73.3 Å². The fourth-order valence-electron chi connectivity index (χ4n) is 5.90. The fourth-order valence-corrected chi connectivity index (χ4v) is 5.90. The molecule has 1 aromatic heterocycles. The van der Waals surface area contributed by atoms with E-state index in [9.17, 15) is 32.7 Å². The van der Waals surface area contributed by atoms with E-state index in [0.717, 1.165) is 4.90 Å². The van der Waals surface area contributed by atoms with Crippen molar-refractivity contribution in [3.05, 3.63) is 74.7 Å². The molecule has 1 unspecified atom stereocenters. The van der Waals surface area contributed by atoms with Crippen molar-refractivity contribution in [1.29, 1.82) is 0 Å². The zero-order chi connectivity index (χ0) is 34.2. The number of anilines is 1. The van der Waals surface area contributed by atoms with Crippen molar-refractivity contribution < 1.29 is 50.9 Å². The number of carbonyl (C=O) groups excluding carboxylic acids is 1. The minimum atomic E-state index is -4.75. The fraction of sp³-hybridized carbons (Fsp3) is 0.406. The normalized spacial score (nSPS) is 17.0. The number of carboxylic acid groups (broad SMARTS) is 1. The molecular formula is C32H32F5N3O7. The summed E-state index contributed by atoms with van der Waals surface area (Å²) in [6.07, 6.45) is -4.02. The SMILES string of the molecule is COc1cc(C)n(C)c(=O)c1-c1ccc(CC(NC(=O)c2c(F)cc(N3CCOC[C@@H]3C(F)(F)F)cc2F)C(=O)O)c2c1OCCC2. The number of amides is 1. The van der Waals surface area contributed by atoms with Crippen molar-refractivity contribution >= 4 is 17.6 Å². The number of hydrogen-bond donors (Lipinski definition) is 2. The van der Waals surface area contributed by atoms with E-state index in [1.165, 1.54) is 11.7 Å². The molecule has 1 saturated heterocycles. The molecule has 2 atom stereocenters. The largest absolute Gasteiger partial charge is 0.496 e. The van der Waals surface area contributed by atoms with Gasteiger partial charge in [0.1, 0.15) is 40.8 Å². The minimum Gasteiger partial charge on any atom is -0.496 e. The number of hydrogen-bond acceptors (Lipinski definition) is 7. The predicted molar refractivity (Wildman–Crippen MR) is 159 cm³/mol. The van der Waals surface area contributed by atoms with E-state index in [1.807, 2.05) is 0 Å². The first-order valence-electron chi connectivity index (χ1n) is 14.7. The molecule has 0 aliphatic carbocycles. The summed E-state index contributed by atoms with van der Waals surface area (Å²) >= 11 is 0. The van der Waals surface area contributed by atoms with Crippen LogP contribution in [0, 0.1) is 18.6 Å². The number of ether oxygens (including phenoxy) is 3. The Morgan fingerprint density at radius 2 is 1.85 bits per heavy atom. The van der Waals surface area contributed by atoms with Crippen molar-refractivity contribution in [2.24, 2.45) is 7.05 Å². The van der Waals surface area contributed by atoms with Crippen LogP contribution in [0.1, 0.15) is 33.6 Å². The molecule has 3 aromatic rings. The van der Waals surface area contributed by atoms with Crippen molar-refractivity contribution in [2.75, 3.05) is 38.4 Å². The first-order valence-corrected chi connectivity index (χ1v) is 14.7. The van der Waals surface area contributed by atoms with Gasteiger partial charge in [0.05, 0.1) is 32.5 Å². The Morgan fingerprint density at radius 1 is 1.15 bits per heavy atom. The number of nitrogens with one attached hydrogen (secondary N) is 1. The average molecular weight is 666 g/mol. The summed E-state index contributed by atoms with van der Waals surface area (Å²) in [7, 11) is 3.05. The molecule has 3 heterocycles. The van der Waals surface area contributed by atoms with E-state index in [0.29, 0.717) is 65.5 Å². The molecule has 47 heavy (non-hydrogen) atoms. The van der Waals surface area contributed by atoms with E-state index in [4.69, 9.17) is 14.2 Å². The number of rotatable bonds is 8. The van der Waals surface area contributed by atoms with Crippen LogP contribution < -0.4 is 25.2 Å². The second kappa shape index (κ2) is 13.2. The van der Waals surface area contributed by atoms with Gasteiger partial charge in [-0.1, -0.05) is 12.1 Å². The van der Waals surface area contributed by atoms with E-state index in [1.54, 1.807) is 32.2 Å². The molecule has 1 fully saturated rings. The summed E-state index contributed by atoms with van der Waals surface area (Å²) in [5.41, 5.74) is 0.501. The molecule has 1 amide bonds. The monoisotopic (exact) mass is 665 g/mol. The molecule has 2 aliphatic rings. The van der Waals surface area contributed by atoms with Gasteiger partial charge in [-0.15, -0.1) is 0 Å². The number of morpholine rings is 1. The zero-order valence-corrected chi connectivity index (χ0v) is 25.7. The number of carboxylic acids is 1. The van der Waals surface area contributed by atoms with Gasteiger partial charge in [0.2, 0.25) is 0 Å². The highest BCUT2D eigenvalue weighted by atomic mass is 19.4. The molecule has 0 saturated carbocycles. The molecule has 252 valence electrons. The Morgan fingerprint density at radius 3 is 2.49 bits per heavy atom. The predicted octanol–water partition coefficient (Wildman–Crippen LogP) is 4.17. The highest BCUT2D eigenvalue weighted by Gasteiger charge is 2.46. The quantitative estimate of drug-likeness (QED) is 0.345. The van der Waals surface area contributed by atoms with Crippen LogP contribution in [0.4, 0.5) is 27.6 Å². The third kappa shape index (κ3) is 6.62. The molecule has 15 heteroatoms. The molecule has 10 nitrogen and oxygen atoms in total. The van der Waals surface area contributed by atoms with Crippen LogP contribution in [0.2, 0.25) is 0 Å². The number of aromatic nitrogens is 1. The Kier molecular flexibility index (Phi) is 9.48. The second-order valence-electron chi connectivity index (χ2n) is 11.3. The van der Waals surface area contributed by atoms with Crippen LogP contribution in [0.25, 0.3) is 11.1 Å². The van der Waals surface area contributed by atoms with E-state index in [2.05, 4.69) is 5.32 Å². The van der Waals surface area contributed by atoms with Crippen molar-refractivity contribution in [3.63, 3.8) is 0 Å². The van der Waals surface area contributed by atoms with Crippen LogP contribution in [0.5, 0.6) is 11.5 Å². The standard InChI is InChI=1S/C32H32F5N3O7/c1-16-11-24(45-3)26(30(42)39(16)2)20-7-6-17(19-5-4-9-47-28(19)20)12-23(31(43)44)38-29(41)27-21(33)13-18(14-22(27)34)40-8-10-46-15-25(40)32(35,36)37/h6-7,11,13-14,23,25H,4-5,8-10,12,15H2,1-3H3,(H,38,41)(H,43,44)/t23?,25-/m1/s1. The summed E-state index contributed by atoms with van der Waals surface area (Å²) in [5.74, 6) is -5.14. The summed E-state index contributed by atoms with van der Waals surface area (Å²) in [6.45, 7) is 0.944. The highest BCUT2D eigenvalue weighted by Crippen LogP contribution is 2.41. The maximum atomic E-state index is 15.2. The molecule has 0 bridgehead atoms. The number of nitrogens with zero attached hydrogens (tertiary/aromatic N) is 2. The van der Waals surface area contributed by atoms with Crippen molar-refractivity contribution in [1.82, 2.24) is 9.88 Å². The Labute approximate surface area is 265 Å². The maximum absolute atomic E-state index is 15.2. The number of carbonyl (C=O) groups is 2. The molecule has 5 rings (SSSR count). The van der Waals surface area contributed by atoms with Crippen LogP contribution in [0.15, 0.2) is 35.1 Å². The summed E-state index contributed by atoms with van der Waals surface area (Å²) < 4.78 is 88.7. The Balaban J connectivity index is 1.44. The maximum Gasteiger partial charge on any atom is 0.411 e. The third-order valence-corrected chi connectivity index (χ3v) is 8.42. The van der Waals surface area contributed by atoms with Gasteiger partial charge < -0.3 is 34.1 Å². The number of aliphatic carboxylic acids is 1. The Bertz CT molecular complexity index is 1750. The first-order chi connectivity index (χ1) is 22.2. The molecule has 2 aromatic carbocycles. The van der Waals surface area contributed by atoms with Gasteiger partial charge in [0.15, 0.2) is 0 Å². The molecule has 2 N–H and O–H groups in total. The van der Waals surface area contributed by atoms with Gasteiger partial charge in [-0.2, -0.15) is 13.2 Å². The Hall–Kier alpha value is -4.66. The van der Waals surface area contributed by atoms with Crippen molar-refractivity contribution in [3.8, 4) is 22.6 Å². The number of halogens is 5. The molecular weight excluding hydrogens is 633 g/mol. The lowest BCUT2D eigenvalue weighted by Crippen LogP contribution is -2.53. The number of pyridine rings is 1. The number of aryl methyl sites for hydroxylation is 1. The molecule has 2 aliphatic heterocycles. The topological polar surface area (TPSA) is 119 Å². The van der Waals surface area contributed by atoms with Gasteiger partial charge in [-0.25, -0.2) is 13.6 Å². The van der Waals surface area contributed by atoms with Gasteiger partial charge in [0.25, 0.3) is 11.5 Å². The summed E-state index contributed by atoms with van der Waals surface area (Å²) in [6, 6.07) is 2.29. The number of fused-ring (bicyclic) bond motifs is 1. The van der Waals surface area contributed by atoms with E-state index < -0.39 is 59.6 Å².